The predicted molar refractivity (Wildman–Crippen MR) is 76.7 cm³/mol. The molecule has 1 atom stereocenters. The third kappa shape index (κ3) is 2.79. The molecule has 1 saturated carbocycles. The van der Waals surface area contributed by atoms with E-state index in [0.29, 0.717) is 6.04 Å². The van der Waals surface area contributed by atoms with Crippen molar-refractivity contribution in [3.8, 4) is 10.4 Å². The summed E-state index contributed by atoms with van der Waals surface area (Å²) in [5.41, 5.74) is 1.38. The molecular weight excluding hydrogens is 246 g/mol. The first-order chi connectivity index (χ1) is 8.33. The normalized spacial score (nSPS) is 17.2. The number of nitrogens with one attached hydrogen (secondary N) is 1. The van der Waals surface area contributed by atoms with Crippen LogP contribution in [0.3, 0.4) is 0 Å². The van der Waals surface area contributed by atoms with Gasteiger partial charge in [0.2, 0.25) is 0 Å². The van der Waals surface area contributed by atoms with Crippen LogP contribution in [0.2, 0.25) is 0 Å². The van der Waals surface area contributed by atoms with Crippen LogP contribution in [0.25, 0.3) is 10.4 Å². The highest BCUT2D eigenvalue weighted by Crippen LogP contribution is 2.33. The Bertz CT molecular complexity index is 468. The highest BCUT2D eigenvalue weighted by Gasteiger charge is 2.27. The standard InChI is InChI=1S/C14H17NS2/c1-10(11-4-5-11)15-8-13-7-12(9-17-13)14-3-2-6-16-14/h2-3,6-7,9-11,15H,4-5,8H2,1H3. The first kappa shape index (κ1) is 11.5. The zero-order valence-corrected chi connectivity index (χ0v) is 11.6. The Kier molecular flexibility index (Phi) is 3.32. The topological polar surface area (TPSA) is 12.0 Å². The van der Waals surface area contributed by atoms with Crippen LogP contribution in [-0.4, -0.2) is 6.04 Å². The predicted octanol–water partition coefficient (Wildman–Crippen LogP) is 4.36. The molecule has 2 heterocycles. The lowest BCUT2D eigenvalue weighted by Crippen LogP contribution is -2.26. The Morgan fingerprint density at radius 3 is 3.00 bits per heavy atom. The minimum Gasteiger partial charge on any atom is -0.309 e. The minimum absolute atomic E-state index is 0.683. The van der Waals surface area contributed by atoms with E-state index < -0.39 is 0 Å². The Hall–Kier alpha value is -0.640. The molecule has 0 radical (unpaired) electrons. The number of rotatable bonds is 5. The van der Waals surface area contributed by atoms with E-state index in [9.17, 15) is 0 Å². The van der Waals surface area contributed by atoms with Crippen molar-refractivity contribution in [1.29, 1.82) is 0 Å². The third-order valence-electron chi connectivity index (χ3n) is 3.39. The van der Waals surface area contributed by atoms with Crippen LogP contribution in [0.4, 0.5) is 0 Å². The Morgan fingerprint density at radius 1 is 1.41 bits per heavy atom. The van der Waals surface area contributed by atoms with E-state index >= 15 is 0 Å². The van der Waals surface area contributed by atoms with E-state index in [0.717, 1.165) is 12.5 Å². The molecule has 0 bridgehead atoms. The quantitative estimate of drug-likeness (QED) is 0.845. The third-order valence-corrected chi connectivity index (χ3v) is 5.24. The van der Waals surface area contributed by atoms with Gasteiger partial charge in [-0.25, -0.2) is 0 Å². The molecule has 1 nitrogen and oxygen atoms in total. The molecule has 1 aliphatic carbocycles. The summed E-state index contributed by atoms with van der Waals surface area (Å²) in [5.74, 6) is 0.937. The van der Waals surface area contributed by atoms with Crippen LogP contribution in [0.5, 0.6) is 0 Å². The van der Waals surface area contributed by atoms with Crippen molar-refractivity contribution >= 4 is 22.7 Å². The maximum atomic E-state index is 3.63. The number of hydrogen-bond acceptors (Lipinski definition) is 3. The summed E-state index contributed by atoms with van der Waals surface area (Å²) < 4.78 is 0. The first-order valence-electron chi connectivity index (χ1n) is 6.17. The van der Waals surface area contributed by atoms with Crippen molar-refractivity contribution in [1.82, 2.24) is 5.32 Å². The molecule has 1 fully saturated rings. The van der Waals surface area contributed by atoms with Gasteiger partial charge in [0.25, 0.3) is 0 Å². The van der Waals surface area contributed by atoms with Gasteiger partial charge in [-0.2, -0.15) is 0 Å². The summed E-state index contributed by atoms with van der Waals surface area (Å²) in [7, 11) is 0. The van der Waals surface area contributed by atoms with Crippen molar-refractivity contribution in [3.05, 3.63) is 33.8 Å². The molecule has 0 amide bonds. The molecule has 2 aromatic heterocycles. The summed E-state index contributed by atoms with van der Waals surface area (Å²) >= 11 is 3.68. The highest BCUT2D eigenvalue weighted by atomic mass is 32.1. The molecule has 0 saturated heterocycles. The molecule has 0 aromatic carbocycles. The fraction of sp³-hybridized carbons (Fsp3) is 0.429. The monoisotopic (exact) mass is 263 g/mol. The summed E-state index contributed by atoms with van der Waals surface area (Å²) in [6.07, 6.45) is 2.83. The lowest BCUT2D eigenvalue weighted by Gasteiger charge is -2.10. The van der Waals surface area contributed by atoms with Crippen molar-refractivity contribution in [2.45, 2.75) is 32.4 Å². The van der Waals surface area contributed by atoms with Gasteiger partial charge in [-0.1, -0.05) is 6.07 Å². The van der Waals surface area contributed by atoms with Gasteiger partial charge in [-0.3, -0.25) is 0 Å². The van der Waals surface area contributed by atoms with Crippen molar-refractivity contribution in [2.75, 3.05) is 0 Å². The van der Waals surface area contributed by atoms with Crippen LogP contribution in [-0.2, 0) is 6.54 Å². The van der Waals surface area contributed by atoms with E-state index in [1.165, 1.54) is 28.2 Å². The van der Waals surface area contributed by atoms with Gasteiger partial charge in [0.15, 0.2) is 0 Å². The van der Waals surface area contributed by atoms with Gasteiger partial charge < -0.3 is 5.32 Å². The molecule has 2 aromatic rings. The van der Waals surface area contributed by atoms with Gasteiger partial charge in [-0.15, -0.1) is 22.7 Å². The van der Waals surface area contributed by atoms with E-state index in [4.69, 9.17) is 0 Å². The van der Waals surface area contributed by atoms with E-state index in [1.54, 1.807) is 0 Å². The molecule has 1 aliphatic rings. The van der Waals surface area contributed by atoms with Gasteiger partial charge in [0.1, 0.15) is 0 Å². The zero-order valence-electron chi connectivity index (χ0n) is 9.98. The Labute approximate surface area is 111 Å². The maximum Gasteiger partial charge on any atom is 0.0351 e. The zero-order chi connectivity index (χ0) is 11.7. The van der Waals surface area contributed by atoms with Gasteiger partial charge in [-0.05, 0) is 48.6 Å². The molecule has 0 spiro atoms. The fourth-order valence-corrected chi connectivity index (χ4v) is 3.69. The average molecular weight is 263 g/mol. The fourth-order valence-electron chi connectivity index (χ4n) is 2.07. The van der Waals surface area contributed by atoms with Crippen LogP contribution >= 0.6 is 22.7 Å². The number of thiophene rings is 2. The van der Waals surface area contributed by atoms with Crippen molar-refractivity contribution in [2.24, 2.45) is 5.92 Å². The van der Waals surface area contributed by atoms with Crippen LogP contribution in [0.15, 0.2) is 29.0 Å². The minimum atomic E-state index is 0.683. The Morgan fingerprint density at radius 2 is 2.29 bits per heavy atom. The van der Waals surface area contributed by atoms with E-state index in [2.05, 4.69) is 41.2 Å². The maximum absolute atomic E-state index is 3.63. The highest BCUT2D eigenvalue weighted by molar-refractivity contribution is 7.14. The van der Waals surface area contributed by atoms with Crippen LogP contribution in [0.1, 0.15) is 24.6 Å². The summed E-state index contributed by atoms with van der Waals surface area (Å²) in [6, 6.07) is 7.31. The molecule has 3 heteroatoms. The molecule has 1 unspecified atom stereocenters. The van der Waals surface area contributed by atoms with Gasteiger partial charge in [0, 0.05) is 27.9 Å². The van der Waals surface area contributed by atoms with E-state index in [-0.39, 0.29) is 0 Å². The molecule has 3 rings (SSSR count). The second kappa shape index (κ2) is 4.92. The summed E-state index contributed by atoms with van der Waals surface area (Å²) in [6.45, 7) is 3.33. The van der Waals surface area contributed by atoms with Crippen LogP contribution in [0, 0.1) is 5.92 Å². The van der Waals surface area contributed by atoms with Crippen molar-refractivity contribution < 1.29 is 0 Å². The second-order valence-electron chi connectivity index (χ2n) is 4.79. The molecule has 1 N–H and O–H groups in total. The molecule has 17 heavy (non-hydrogen) atoms. The lowest BCUT2D eigenvalue weighted by molar-refractivity contribution is 0.499. The first-order valence-corrected chi connectivity index (χ1v) is 7.93. The SMILES string of the molecule is CC(NCc1cc(-c2cccs2)cs1)C1CC1. The smallest absolute Gasteiger partial charge is 0.0351 e. The largest absolute Gasteiger partial charge is 0.309 e. The summed E-state index contributed by atoms with van der Waals surface area (Å²) in [5, 5.41) is 8.04. The van der Waals surface area contributed by atoms with E-state index in [1.807, 2.05) is 22.7 Å². The second-order valence-corrected chi connectivity index (χ2v) is 6.73. The van der Waals surface area contributed by atoms with Gasteiger partial charge >= 0.3 is 0 Å². The lowest BCUT2D eigenvalue weighted by atomic mass is 10.2. The van der Waals surface area contributed by atoms with Crippen molar-refractivity contribution in [3.63, 3.8) is 0 Å². The van der Waals surface area contributed by atoms with Gasteiger partial charge in [0.05, 0.1) is 0 Å². The molecular formula is C14H17NS2. The van der Waals surface area contributed by atoms with Crippen LogP contribution < -0.4 is 5.32 Å². The summed E-state index contributed by atoms with van der Waals surface area (Å²) in [4.78, 5) is 2.82. The average Bonchev–Trinajstić information content (AvgIpc) is 2.87. The molecule has 90 valence electrons. The molecule has 0 aliphatic heterocycles. The Balaban J connectivity index is 1.60. The number of hydrogen-bond donors (Lipinski definition) is 1.